The minimum atomic E-state index is 0.0282. The second-order valence-electron chi connectivity index (χ2n) is 6.18. The third-order valence-corrected chi connectivity index (χ3v) is 6.06. The molecule has 1 atom stereocenters. The van der Waals surface area contributed by atoms with Crippen LogP contribution >= 0.6 is 11.3 Å². The molecule has 0 N–H and O–H groups in total. The lowest BCUT2D eigenvalue weighted by Gasteiger charge is -2.30. The molecule has 1 aliphatic rings. The van der Waals surface area contributed by atoms with E-state index in [1.165, 1.54) is 15.6 Å². The van der Waals surface area contributed by atoms with E-state index in [1.807, 2.05) is 36.3 Å². The van der Waals surface area contributed by atoms with Crippen molar-refractivity contribution in [2.24, 2.45) is 0 Å². The first-order valence-corrected chi connectivity index (χ1v) is 9.18. The summed E-state index contributed by atoms with van der Waals surface area (Å²) in [5, 5.41) is 5.46. The van der Waals surface area contributed by atoms with Crippen molar-refractivity contribution in [3.63, 3.8) is 0 Å². The van der Waals surface area contributed by atoms with Crippen molar-refractivity contribution in [1.29, 1.82) is 0 Å². The first-order chi connectivity index (χ1) is 11.7. The largest absolute Gasteiger partial charge is 0.334 e. The van der Waals surface area contributed by atoms with Crippen molar-refractivity contribution in [3.05, 3.63) is 51.7 Å². The summed E-state index contributed by atoms with van der Waals surface area (Å²) in [5.41, 5.74) is 2.70. The Bertz CT molecular complexity index is 897. The van der Waals surface area contributed by atoms with Crippen LogP contribution in [-0.2, 0) is 12.8 Å². The maximum Gasteiger partial charge on any atom is 0.257 e. The minimum absolute atomic E-state index is 0.0282. The molecule has 4 rings (SSSR count). The third kappa shape index (κ3) is 2.41. The molecule has 124 valence electrons. The van der Waals surface area contributed by atoms with Crippen LogP contribution in [-0.4, -0.2) is 32.5 Å². The van der Waals surface area contributed by atoms with Crippen LogP contribution in [0.25, 0.3) is 5.52 Å². The molecule has 0 radical (unpaired) electrons. The van der Waals surface area contributed by atoms with E-state index in [0.29, 0.717) is 5.56 Å². The lowest BCUT2D eigenvalue weighted by molar-refractivity contribution is 0.0720. The van der Waals surface area contributed by atoms with Crippen LogP contribution in [0.15, 0.2) is 30.6 Å². The summed E-state index contributed by atoms with van der Waals surface area (Å²) in [5.74, 6) is 0.0282. The molecule has 0 aliphatic heterocycles. The van der Waals surface area contributed by atoms with Crippen LogP contribution in [0.1, 0.15) is 51.7 Å². The highest BCUT2D eigenvalue weighted by Gasteiger charge is 2.31. The van der Waals surface area contributed by atoms with Crippen LogP contribution in [0.4, 0.5) is 0 Å². The highest BCUT2D eigenvalue weighted by Crippen LogP contribution is 2.38. The summed E-state index contributed by atoms with van der Waals surface area (Å²) in [6.07, 6.45) is 7.59. The van der Waals surface area contributed by atoms with Gasteiger partial charge < -0.3 is 4.90 Å². The molecule has 0 fully saturated rings. The molecular weight excluding hydrogens is 320 g/mol. The van der Waals surface area contributed by atoms with Crippen molar-refractivity contribution in [1.82, 2.24) is 19.5 Å². The van der Waals surface area contributed by atoms with E-state index in [1.54, 1.807) is 22.0 Å². The van der Waals surface area contributed by atoms with Gasteiger partial charge in [-0.15, -0.1) is 11.3 Å². The lowest BCUT2D eigenvalue weighted by atomic mass is 9.96. The first-order valence-electron chi connectivity index (χ1n) is 8.37. The monoisotopic (exact) mass is 340 g/mol. The quantitative estimate of drug-likeness (QED) is 0.733. The molecular formula is C18H20N4OS. The third-order valence-electron chi connectivity index (χ3n) is 4.71. The Labute approximate surface area is 144 Å². The number of aryl methyl sites for hydroxylation is 2. The summed E-state index contributed by atoms with van der Waals surface area (Å²) in [7, 11) is 1.90. The van der Waals surface area contributed by atoms with Gasteiger partial charge in [0.2, 0.25) is 0 Å². The number of hydrogen-bond acceptors (Lipinski definition) is 4. The number of carbonyl (C=O) groups excluding carboxylic acids is 1. The molecule has 3 heterocycles. The fourth-order valence-corrected chi connectivity index (χ4v) is 4.63. The Balaban J connectivity index is 1.68. The molecule has 5 nitrogen and oxygen atoms in total. The molecule has 0 bridgehead atoms. The lowest BCUT2D eigenvalue weighted by Crippen LogP contribution is -2.32. The number of aromatic nitrogens is 3. The average Bonchev–Trinajstić information content (AvgIpc) is 3.23. The van der Waals surface area contributed by atoms with Crippen LogP contribution in [0.2, 0.25) is 0 Å². The van der Waals surface area contributed by atoms with E-state index < -0.39 is 0 Å². The van der Waals surface area contributed by atoms with Crippen molar-refractivity contribution in [3.8, 4) is 0 Å². The van der Waals surface area contributed by atoms with Gasteiger partial charge in [-0.3, -0.25) is 4.79 Å². The summed E-state index contributed by atoms with van der Waals surface area (Å²) < 4.78 is 1.75. The SMILES string of the molecule is CCc1nc2c(s1)C(N(C)C(=O)c1cnn3ccccc13)CCC2. The fourth-order valence-electron chi connectivity index (χ4n) is 3.40. The van der Waals surface area contributed by atoms with Gasteiger partial charge in [-0.2, -0.15) is 5.10 Å². The Morgan fingerprint density at radius 1 is 1.46 bits per heavy atom. The summed E-state index contributed by atoms with van der Waals surface area (Å²) >= 11 is 1.76. The maximum absolute atomic E-state index is 13.1. The van der Waals surface area contributed by atoms with Crippen LogP contribution in [0.3, 0.4) is 0 Å². The van der Waals surface area contributed by atoms with E-state index in [9.17, 15) is 4.79 Å². The molecule has 0 saturated carbocycles. The number of fused-ring (bicyclic) bond motifs is 2. The fraction of sp³-hybridized carbons (Fsp3) is 0.389. The predicted octanol–water partition coefficient (Wildman–Crippen LogP) is 3.50. The Morgan fingerprint density at radius 2 is 2.33 bits per heavy atom. The first kappa shape index (κ1) is 15.3. The van der Waals surface area contributed by atoms with Gasteiger partial charge in [0.15, 0.2) is 0 Å². The van der Waals surface area contributed by atoms with Crippen LogP contribution in [0.5, 0.6) is 0 Å². The summed E-state index contributed by atoms with van der Waals surface area (Å²) in [6.45, 7) is 2.13. The molecule has 1 amide bonds. The number of hydrogen-bond donors (Lipinski definition) is 0. The van der Waals surface area contributed by atoms with Crippen molar-refractivity contribution in [2.45, 2.75) is 38.6 Å². The number of nitrogens with zero attached hydrogens (tertiary/aromatic N) is 4. The van der Waals surface area contributed by atoms with Crippen LogP contribution < -0.4 is 0 Å². The second-order valence-corrected chi connectivity index (χ2v) is 7.30. The van der Waals surface area contributed by atoms with Gasteiger partial charge in [0.05, 0.1) is 38.9 Å². The topological polar surface area (TPSA) is 50.5 Å². The van der Waals surface area contributed by atoms with Gasteiger partial charge in [-0.25, -0.2) is 9.50 Å². The summed E-state index contributed by atoms with van der Waals surface area (Å²) in [4.78, 5) is 20.9. The second kappa shape index (κ2) is 6.02. The minimum Gasteiger partial charge on any atom is -0.334 e. The van der Waals surface area contributed by atoms with Crippen LogP contribution in [0, 0.1) is 0 Å². The van der Waals surface area contributed by atoms with Gasteiger partial charge in [0.1, 0.15) is 0 Å². The highest BCUT2D eigenvalue weighted by molar-refractivity contribution is 7.11. The standard InChI is InChI=1S/C18H20N4OS/c1-3-16-20-13-7-6-9-15(17(13)24-16)21(2)18(23)12-11-19-22-10-5-4-8-14(12)22/h4-5,8,10-11,15H,3,6-7,9H2,1-2H3. The molecule has 0 saturated heterocycles. The molecule has 1 aliphatic carbocycles. The van der Waals surface area contributed by atoms with Crippen molar-refractivity contribution < 1.29 is 4.79 Å². The molecule has 3 aromatic heterocycles. The molecule has 1 unspecified atom stereocenters. The predicted molar refractivity (Wildman–Crippen MR) is 94.5 cm³/mol. The molecule has 6 heteroatoms. The van der Waals surface area contributed by atoms with Gasteiger partial charge in [-0.1, -0.05) is 13.0 Å². The Morgan fingerprint density at radius 3 is 3.17 bits per heavy atom. The van der Waals surface area contributed by atoms with E-state index in [2.05, 4.69) is 12.0 Å². The van der Waals surface area contributed by atoms with Gasteiger partial charge in [0.25, 0.3) is 5.91 Å². The van der Waals surface area contributed by atoms with E-state index >= 15 is 0 Å². The average molecular weight is 340 g/mol. The Hall–Kier alpha value is -2.21. The van der Waals surface area contributed by atoms with Crippen molar-refractivity contribution >= 4 is 22.8 Å². The number of pyridine rings is 1. The van der Waals surface area contributed by atoms with Gasteiger partial charge >= 0.3 is 0 Å². The normalized spacial score (nSPS) is 17.0. The molecule has 24 heavy (non-hydrogen) atoms. The van der Waals surface area contributed by atoms with E-state index in [4.69, 9.17) is 4.98 Å². The maximum atomic E-state index is 13.1. The highest BCUT2D eigenvalue weighted by atomic mass is 32.1. The smallest absolute Gasteiger partial charge is 0.257 e. The Kier molecular flexibility index (Phi) is 3.84. The summed E-state index contributed by atoms with van der Waals surface area (Å²) in [6, 6.07) is 5.90. The van der Waals surface area contributed by atoms with Crippen molar-refractivity contribution in [2.75, 3.05) is 7.05 Å². The number of carbonyl (C=O) groups is 1. The number of thiazole rings is 1. The molecule has 0 spiro atoms. The number of rotatable bonds is 3. The zero-order valence-corrected chi connectivity index (χ0v) is 14.7. The van der Waals surface area contributed by atoms with E-state index in [-0.39, 0.29) is 11.9 Å². The number of amides is 1. The van der Waals surface area contributed by atoms with Gasteiger partial charge in [-0.05, 0) is 37.8 Å². The zero-order chi connectivity index (χ0) is 16.7. The molecule has 3 aromatic rings. The van der Waals surface area contributed by atoms with Gasteiger partial charge in [0, 0.05) is 13.2 Å². The zero-order valence-electron chi connectivity index (χ0n) is 13.9. The molecule has 0 aromatic carbocycles. The van der Waals surface area contributed by atoms with E-state index in [0.717, 1.165) is 31.2 Å².